The maximum Gasteiger partial charge on any atom is 0.246 e. The van der Waals surface area contributed by atoms with E-state index in [0.717, 1.165) is 11.3 Å². The van der Waals surface area contributed by atoms with Crippen LogP contribution >= 0.6 is 0 Å². The summed E-state index contributed by atoms with van der Waals surface area (Å²) in [5.74, 6) is 0.666. The number of amides is 1. The summed E-state index contributed by atoms with van der Waals surface area (Å²) in [5.41, 5.74) is 1.75. The Hall–Kier alpha value is -2.28. The van der Waals surface area contributed by atoms with E-state index < -0.39 is 0 Å². The number of rotatable bonds is 6. The number of ether oxygens (including phenoxy) is 1. The van der Waals surface area contributed by atoms with Gasteiger partial charge in [0.25, 0.3) is 0 Å². The van der Waals surface area contributed by atoms with Gasteiger partial charge in [-0.05, 0) is 18.6 Å². The van der Waals surface area contributed by atoms with Gasteiger partial charge in [0.05, 0.1) is 18.7 Å². The molecule has 2 rings (SSSR count). The normalized spacial score (nSPS) is 10.5. The Morgan fingerprint density at radius 1 is 1.50 bits per heavy atom. The quantitative estimate of drug-likeness (QED) is 0.838. The predicted octanol–water partition coefficient (Wildman–Crippen LogP) is 0.778. The minimum absolute atomic E-state index is 0.140. The summed E-state index contributed by atoms with van der Waals surface area (Å²) in [6.07, 6.45) is 1.90. The fourth-order valence-electron chi connectivity index (χ4n) is 1.64. The van der Waals surface area contributed by atoms with Crippen LogP contribution in [-0.4, -0.2) is 28.1 Å². The van der Waals surface area contributed by atoms with Crippen molar-refractivity contribution < 1.29 is 14.1 Å². The molecule has 0 bridgehead atoms. The van der Waals surface area contributed by atoms with Crippen molar-refractivity contribution >= 4 is 5.91 Å². The van der Waals surface area contributed by atoms with Crippen LogP contribution in [0.1, 0.15) is 23.0 Å². The molecule has 2 aromatic rings. The summed E-state index contributed by atoms with van der Waals surface area (Å²) in [6, 6.07) is 3.76. The SMILES string of the molecule is COCc1noc(CNC(=O)Cc2ncccc2C)n1. The first-order chi connectivity index (χ1) is 9.69. The number of carbonyl (C=O) groups is 1. The van der Waals surface area contributed by atoms with Gasteiger partial charge in [-0.15, -0.1) is 0 Å². The molecule has 1 N–H and O–H groups in total. The van der Waals surface area contributed by atoms with Crippen molar-refractivity contribution in [3.05, 3.63) is 41.3 Å². The molecule has 2 aromatic heterocycles. The second kappa shape index (κ2) is 6.76. The molecular formula is C13H16N4O3. The number of hydrogen-bond donors (Lipinski definition) is 1. The maximum atomic E-state index is 11.8. The molecule has 0 aliphatic carbocycles. The minimum Gasteiger partial charge on any atom is -0.377 e. The lowest BCUT2D eigenvalue weighted by Crippen LogP contribution is -2.25. The van der Waals surface area contributed by atoms with Gasteiger partial charge >= 0.3 is 0 Å². The molecule has 106 valence electrons. The molecular weight excluding hydrogens is 260 g/mol. The second-order valence-corrected chi connectivity index (χ2v) is 4.26. The van der Waals surface area contributed by atoms with E-state index in [0.29, 0.717) is 11.7 Å². The highest BCUT2D eigenvalue weighted by Crippen LogP contribution is 2.04. The summed E-state index contributed by atoms with van der Waals surface area (Å²) in [4.78, 5) is 20.0. The van der Waals surface area contributed by atoms with Crippen LogP contribution in [-0.2, 0) is 29.1 Å². The van der Waals surface area contributed by atoms with Gasteiger partial charge in [0.1, 0.15) is 6.61 Å². The molecule has 0 spiro atoms. The maximum absolute atomic E-state index is 11.8. The van der Waals surface area contributed by atoms with E-state index in [2.05, 4.69) is 20.4 Å². The van der Waals surface area contributed by atoms with Crippen LogP contribution in [0, 0.1) is 6.92 Å². The first-order valence-electron chi connectivity index (χ1n) is 6.16. The number of nitrogens with one attached hydrogen (secondary N) is 1. The van der Waals surface area contributed by atoms with Crippen LogP contribution < -0.4 is 5.32 Å². The molecule has 0 unspecified atom stereocenters. The number of methoxy groups -OCH3 is 1. The van der Waals surface area contributed by atoms with E-state index in [1.54, 1.807) is 13.3 Å². The lowest BCUT2D eigenvalue weighted by Gasteiger charge is -2.04. The summed E-state index contributed by atoms with van der Waals surface area (Å²) >= 11 is 0. The van der Waals surface area contributed by atoms with Gasteiger partial charge in [0.2, 0.25) is 11.8 Å². The molecule has 1 amide bonds. The first-order valence-corrected chi connectivity index (χ1v) is 6.16. The summed E-state index contributed by atoms with van der Waals surface area (Å²) in [7, 11) is 1.55. The third kappa shape index (κ3) is 3.86. The fourth-order valence-corrected chi connectivity index (χ4v) is 1.64. The highest BCUT2D eigenvalue weighted by atomic mass is 16.5. The zero-order valence-electron chi connectivity index (χ0n) is 11.4. The first kappa shape index (κ1) is 14.1. The number of aryl methyl sites for hydroxylation is 1. The van der Waals surface area contributed by atoms with Crippen molar-refractivity contribution in [3.63, 3.8) is 0 Å². The molecule has 0 aliphatic rings. The van der Waals surface area contributed by atoms with Crippen LogP contribution in [0.2, 0.25) is 0 Å². The molecule has 7 nitrogen and oxygen atoms in total. The van der Waals surface area contributed by atoms with E-state index in [1.165, 1.54) is 0 Å². The molecule has 0 aromatic carbocycles. The Morgan fingerprint density at radius 3 is 3.10 bits per heavy atom. The predicted molar refractivity (Wildman–Crippen MR) is 69.5 cm³/mol. The van der Waals surface area contributed by atoms with E-state index in [1.807, 2.05) is 19.1 Å². The molecule has 2 heterocycles. The van der Waals surface area contributed by atoms with E-state index in [4.69, 9.17) is 9.26 Å². The largest absolute Gasteiger partial charge is 0.377 e. The Morgan fingerprint density at radius 2 is 2.35 bits per heavy atom. The number of hydrogen-bond acceptors (Lipinski definition) is 6. The Balaban J connectivity index is 1.84. The molecule has 0 fully saturated rings. The van der Waals surface area contributed by atoms with Gasteiger partial charge in [0, 0.05) is 13.3 Å². The Kier molecular flexibility index (Phi) is 4.78. The van der Waals surface area contributed by atoms with Gasteiger partial charge in [-0.2, -0.15) is 4.98 Å². The smallest absolute Gasteiger partial charge is 0.246 e. The number of carbonyl (C=O) groups excluding carboxylic acids is 1. The molecule has 0 saturated carbocycles. The number of pyridine rings is 1. The van der Waals surface area contributed by atoms with Crippen LogP contribution in [0.5, 0.6) is 0 Å². The van der Waals surface area contributed by atoms with Gasteiger partial charge < -0.3 is 14.6 Å². The van der Waals surface area contributed by atoms with Crippen molar-refractivity contribution in [2.75, 3.05) is 7.11 Å². The zero-order chi connectivity index (χ0) is 14.4. The second-order valence-electron chi connectivity index (χ2n) is 4.26. The highest BCUT2D eigenvalue weighted by Gasteiger charge is 2.10. The van der Waals surface area contributed by atoms with E-state index >= 15 is 0 Å². The fraction of sp³-hybridized carbons (Fsp3) is 0.385. The van der Waals surface area contributed by atoms with Crippen LogP contribution in [0.15, 0.2) is 22.9 Å². The molecule has 0 radical (unpaired) electrons. The van der Waals surface area contributed by atoms with Crippen molar-refractivity contribution in [2.45, 2.75) is 26.5 Å². The van der Waals surface area contributed by atoms with Crippen molar-refractivity contribution in [3.8, 4) is 0 Å². The summed E-state index contributed by atoms with van der Waals surface area (Å²) in [6.45, 7) is 2.40. The standard InChI is InChI=1S/C13H16N4O3/c1-9-4-3-5-14-10(9)6-12(18)15-7-13-16-11(8-19-2)17-20-13/h3-5H,6-8H2,1-2H3,(H,15,18). The van der Waals surface area contributed by atoms with Crippen molar-refractivity contribution in [2.24, 2.45) is 0 Å². The molecule has 0 aliphatic heterocycles. The van der Waals surface area contributed by atoms with Gasteiger partial charge in [0.15, 0.2) is 5.82 Å². The molecule has 0 atom stereocenters. The number of nitrogens with zero attached hydrogens (tertiary/aromatic N) is 3. The van der Waals surface area contributed by atoms with Crippen LogP contribution in [0.4, 0.5) is 0 Å². The Labute approximate surface area is 116 Å². The van der Waals surface area contributed by atoms with Crippen molar-refractivity contribution in [1.82, 2.24) is 20.4 Å². The monoisotopic (exact) mass is 276 g/mol. The highest BCUT2D eigenvalue weighted by molar-refractivity contribution is 5.78. The lowest BCUT2D eigenvalue weighted by atomic mass is 10.1. The van der Waals surface area contributed by atoms with E-state index in [9.17, 15) is 4.79 Å². The van der Waals surface area contributed by atoms with Crippen LogP contribution in [0.25, 0.3) is 0 Å². The topological polar surface area (TPSA) is 90.1 Å². The average molecular weight is 276 g/mol. The Bertz CT molecular complexity index is 583. The van der Waals surface area contributed by atoms with Crippen LogP contribution in [0.3, 0.4) is 0 Å². The van der Waals surface area contributed by atoms with Gasteiger partial charge in [-0.1, -0.05) is 11.2 Å². The van der Waals surface area contributed by atoms with Gasteiger partial charge in [-0.3, -0.25) is 9.78 Å². The zero-order valence-corrected chi connectivity index (χ0v) is 11.4. The lowest BCUT2D eigenvalue weighted by molar-refractivity contribution is -0.120. The number of aromatic nitrogens is 3. The molecule has 7 heteroatoms. The third-order valence-corrected chi connectivity index (χ3v) is 2.67. The van der Waals surface area contributed by atoms with Crippen molar-refractivity contribution in [1.29, 1.82) is 0 Å². The van der Waals surface area contributed by atoms with E-state index in [-0.39, 0.29) is 25.5 Å². The van der Waals surface area contributed by atoms with Gasteiger partial charge in [-0.25, -0.2) is 0 Å². The average Bonchev–Trinajstić information content (AvgIpc) is 2.87. The molecule has 0 saturated heterocycles. The summed E-state index contributed by atoms with van der Waals surface area (Å²) in [5, 5.41) is 6.42. The third-order valence-electron chi connectivity index (χ3n) is 2.67. The summed E-state index contributed by atoms with van der Waals surface area (Å²) < 4.78 is 9.85. The minimum atomic E-state index is -0.140. The molecule has 20 heavy (non-hydrogen) atoms.